The van der Waals surface area contributed by atoms with Crippen LogP contribution in [0.1, 0.15) is 23.2 Å². The minimum Gasteiger partial charge on any atom is -0.493 e. The van der Waals surface area contributed by atoms with Crippen molar-refractivity contribution in [1.82, 2.24) is 9.80 Å². The Hall–Kier alpha value is -2.32. The summed E-state index contributed by atoms with van der Waals surface area (Å²) in [6, 6.07) is 5.25. The highest BCUT2D eigenvalue weighted by Gasteiger charge is 2.42. The molecule has 2 amide bonds. The zero-order valence-electron chi connectivity index (χ0n) is 16.6. The first-order valence-corrected chi connectivity index (χ1v) is 9.64. The summed E-state index contributed by atoms with van der Waals surface area (Å²) >= 11 is 0. The molecule has 2 aliphatic rings. The highest BCUT2D eigenvalue weighted by Crippen LogP contribution is 2.33. The second-order valence-corrected chi connectivity index (χ2v) is 7.22. The van der Waals surface area contributed by atoms with Gasteiger partial charge in [0.05, 0.1) is 25.2 Å². The standard InChI is InChI=1S/C20H29N3O5/c1-26-16-5-3-4-15(17(16)27-2)18(24)22-8-10-23(11-9-22)19(25)20(14-21)6-12-28-13-7-20/h3-5H,6-14,21H2,1-2H3. The second-order valence-electron chi connectivity index (χ2n) is 7.22. The van der Waals surface area contributed by atoms with E-state index in [1.54, 1.807) is 30.2 Å². The van der Waals surface area contributed by atoms with Gasteiger partial charge < -0.3 is 29.7 Å². The number of ether oxygens (including phenoxy) is 3. The number of hydrogen-bond acceptors (Lipinski definition) is 6. The van der Waals surface area contributed by atoms with Crippen molar-refractivity contribution in [3.8, 4) is 11.5 Å². The number of carbonyl (C=O) groups excluding carboxylic acids is 2. The van der Waals surface area contributed by atoms with Crippen LogP contribution < -0.4 is 15.2 Å². The Morgan fingerprint density at radius 3 is 2.29 bits per heavy atom. The lowest BCUT2D eigenvalue weighted by Crippen LogP contribution is -2.57. The maximum absolute atomic E-state index is 13.1. The first kappa shape index (κ1) is 20.4. The molecular weight excluding hydrogens is 362 g/mol. The molecule has 154 valence electrons. The Bertz CT molecular complexity index is 710. The summed E-state index contributed by atoms with van der Waals surface area (Å²) in [5.41, 5.74) is 5.90. The van der Waals surface area contributed by atoms with Crippen LogP contribution in [0.5, 0.6) is 11.5 Å². The molecule has 0 bridgehead atoms. The summed E-state index contributed by atoms with van der Waals surface area (Å²) in [4.78, 5) is 29.7. The molecule has 2 N–H and O–H groups in total. The average Bonchev–Trinajstić information content (AvgIpc) is 2.77. The lowest BCUT2D eigenvalue weighted by molar-refractivity contribution is -0.148. The minimum absolute atomic E-state index is 0.0874. The van der Waals surface area contributed by atoms with Crippen LogP contribution in [-0.4, -0.2) is 81.8 Å². The lowest BCUT2D eigenvalue weighted by Gasteiger charge is -2.42. The van der Waals surface area contributed by atoms with Crippen molar-refractivity contribution in [1.29, 1.82) is 0 Å². The van der Waals surface area contributed by atoms with Crippen LogP contribution >= 0.6 is 0 Å². The van der Waals surface area contributed by atoms with Crippen LogP contribution in [0.2, 0.25) is 0 Å². The molecule has 8 heteroatoms. The summed E-state index contributed by atoms with van der Waals surface area (Å²) in [6.07, 6.45) is 1.31. The predicted molar refractivity (Wildman–Crippen MR) is 104 cm³/mol. The molecule has 2 fully saturated rings. The zero-order chi connectivity index (χ0) is 20.1. The van der Waals surface area contributed by atoms with E-state index in [1.165, 1.54) is 7.11 Å². The number of hydrogen-bond donors (Lipinski definition) is 1. The zero-order valence-corrected chi connectivity index (χ0v) is 16.6. The maximum Gasteiger partial charge on any atom is 0.257 e. The van der Waals surface area contributed by atoms with E-state index in [2.05, 4.69) is 0 Å². The Kier molecular flexibility index (Phi) is 6.41. The fourth-order valence-corrected chi connectivity index (χ4v) is 3.94. The van der Waals surface area contributed by atoms with Crippen molar-refractivity contribution in [2.45, 2.75) is 12.8 Å². The third kappa shape index (κ3) is 3.79. The second kappa shape index (κ2) is 8.79. The molecule has 2 heterocycles. The largest absolute Gasteiger partial charge is 0.493 e. The molecule has 0 atom stereocenters. The van der Waals surface area contributed by atoms with Crippen molar-refractivity contribution in [3.63, 3.8) is 0 Å². The molecule has 2 saturated heterocycles. The van der Waals surface area contributed by atoms with Crippen molar-refractivity contribution in [2.24, 2.45) is 11.1 Å². The number of amides is 2. The highest BCUT2D eigenvalue weighted by molar-refractivity contribution is 5.98. The van der Waals surface area contributed by atoms with Crippen molar-refractivity contribution in [2.75, 3.05) is 60.2 Å². The number of piperazine rings is 1. The van der Waals surface area contributed by atoms with Gasteiger partial charge in [0.15, 0.2) is 11.5 Å². The molecule has 3 rings (SSSR count). The Balaban J connectivity index is 1.67. The molecule has 0 aliphatic carbocycles. The molecule has 8 nitrogen and oxygen atoms in total. The minimum atomic E-state index is -0.527. The molecule has 2 aliphatic heterocycles. The highest BCUT2D eigenvalue weighted by atomic mass is 16.5. The van der Waals surface area contributed by atoms with E-state index in [-0.39, 0.29) is 11.8 Å². The van der Waals surface area contributed by atoms with Crippen LogP contribution in [0.4, 0.5) is 0 Å². The van der Waals surface area contributed by atoms with Gasteiger partial charge in [0.2, 0.25) is 5.91 Å². The predicted octanol–water partition coefficient (Wildman–Crippen LogP) is 0.744. The van der Waals surface area contributed by atoms with Gasteiger partial charge in [0, 0.05) is 45.9 Å². The quantitative estimate of drug-likeness (QED) is 0.796. The van der Waals surface area contributed by atoms with E-state index < -0.39 is 5.41 Å². The first-order valence-electron chi connectivity index (χ1n) is 9.64. The van der Waals surface area contributed by atoms with E-state index in [0.717, 1.165) is 0 Å². The number of methoxy groups -OCH3 is 2. The van der Waals surface area contributed by atoms with Gasteiger partial charge in [0.25, 0.3) is 5.91 Å². The van der Waals surface area contributed by atoms with Crippen LogP contribution in [-0.2, 0) is 9.53 Å². The summed E-state index contributed by atoms with van der Waals surface area (Å²) in [5.74, 6) is 0.913. The van der Waals surface area contributed by atoms with Gasteiger partial charge >= 0.3 is 0 Å². The third-order valence-electron chi connectivity index (χ3n) is 5.78. The fraction of sp³-hybridized carbons (Fsp3) is 0.600. The molecule has 0 spiro atoms. The van der Waals surface area contributed by atoms with E-state index in [0.29, 0.717) is 75.8 Å². The van der Waals surface area contributed by atoms with Gasteiger partial charge in [-0.25, -0.2) is 0 Å². The Labute approximate surface area is 165 Å². The average molecular weight is 391 g/mol. The first-order chi connectivity index (χ1) is 13.6. The molecule has 1 aromatic rings. The third-order valence-corrected chi connectivity index (χ3v) is 5.78. The van der Waals surface area contributed by atoms with Crippen molar-refractivity contribution < 1.29 is 23.8 Å². The van der Waals surface area contributed by atoms with Crippen LogP contribution in [0.25, 0.3) is 0 Å². The number of benzene rings is 1. The number of rotatable bonds is 5. The fourth-order valence-electron chi connectivity index (χ4n) is 3.94. The molecule has 0 radical (unpaired) electrons. The SMILES string of the molecule is COc1cccc(C(=O)N2CCN(C(=O)C3(CN)CCOCC3)CC2)c1OC. The van der Waals surface area contributed by atoms with Gasteiger partial charge in [-0.3, -0.25) is 9.59 Å². The van der Waals surface area contributed by atoms with Gasteiger partial charge in [-0.15, -0.1) is 0 Å². The van der Waals surface area contributed by atoms with Crippen LogP contribution in [0.15, 0.2) is 18.2 Å². The number of nitrogens with zero attached hydrogens (tertiary/aromatic N) is 2. The van der Waals surface area contributed by atoms with Gasteiger partial charge in [-0.05, 0) is 25.0 Å². The van der Waals surface area contributed by atoms with Crippen LogP contribution in [0, 0.1) is 5.41 Å². The van der Waals surface area contributed by atoms with E-state index in [9.17, 15) is 9.59 Å². The van der Waals surface area contributed by atoms with E-state index in [1.807, 2.05) is 4.90 Å². The summed E-state index contributed by atoms with van der Waals surface area (Å²) in [7, 11) is 3.06. The van der Waals surface area contributed by atoms with Gasteiger partial charge in [-0.2, -0.15) is 0 Å². The topological polar surface area (TPSA) is 94.3 Å². The van der Waals surface area contributed by atoms with Crippen molar-refractivity contribution >= 4 is 11.8 Å². The summed E-state index contributed by atoms with van der Waals surface area (Å²) < 4.78 is 16.1. The maximum atomic E-state index is 13.1. The van der Waals surface area contributed by atoms with Gasteiger partial charge in [0.1, 0.15) is 0 Å². The molecule has 0 unspecified atom stereocenters. The lowest BCUT2D eigenvalue weighted by atomic mass is 9.78. The molecular formula is C20H29N3O5. The van der Waals surface area contributed by atoms with E-state index >= 15 is 0 Å². The number of carbonyl (C=O) groups is 2. The Morgan fingerprint density at radius 1 is 1.07 bits per heavy atom. The van der Waals surface area contributed by atoms with Crippen LogP contribution in [0.3, 0.4) is 0 Å². The van der Waals surface area contributed by atoms with E-state index in [4.69, 9.17) is 19.9 Å². The summed E-state index contributed by atoms with van der Waals surface area (Å²) in [6.45, 7) is 3.41. The molecule has 0 saturated carbocycles. The Morgan fingerprint density at radius 2 is 1.71 bits per heavy atom. The van der Waals surface area contributed by atoms with Crippen molar-refractivity contribution in [3.05, 3.63) is 23.8 Å². The number of nitrogens with two attached hydrogens (primary N) is 1. The molecule has 1 aromatic carbocycles. The number of para-hydroxylation sites is 1. The molecule has 28 heavy (non-hydrogen) atoms. The normalized spacial score (nSPS) is 19.2. The summed E-state index contributed by atoms with van der Waals surface area (Å²) in [5, 5.41) is 0. The van der Waals surface area contributed by atoms with Gasteiger partial charge in [-0.1, -0.05) is 6.07 Å². The smallest absolute Gasteiger partial charge is 0.257 e. The monoisotopic (exact) mass is 391 g/mol. The molecule has 0 aromatic heterocycles.